The fourth-order valence-corrected chi connectivity index (χ4v) is 4.08. The van der Waals surface area contributed by atoms with Crippen LogP contribution in [0, 0.1) is 5.82 Å². The molecule has 1 aromatic heterocycles. The number of aromatic nitrogens is 1. The Hall–Kier alpha value is -3.38. The average molecular weight is 504 g/mol. The summed E-state index contributed by atoms with van der Waals surface area (Å²) in [5, 5.41) is 1.14. The van der Waals surface area contributed by atoms with E-state index in [2.05, 4.69) is 9.71 Å². The number of hydrogen-bond donors (Lipinski definition) is 2. The predicted octanol–water partition coefficient (Wildman–Crippen LogP) is 4.85. The highest BCUT2D eigenvalue weighted by Gasteiger charge is 2.29. The van der Waals surface area contributed by atoms with Gasteiger partial charge in [-0.1, -0.05) is 23.7 Å². The van der Waals surface area contributed by atoms with E-state index in [-0.39, 0.29) is 10.8 Å². The predicted molar refractivity (Wildman–Crippen MR) is 113 cm³/mol. The van der Waals surface area contributed by atoms with E-state index in [1.54, 1.807) is 0 Å². The Bertz CT molecular complexity index is 1320. The van der Waals surface area contributed by atoms with Crippen LogP contribution < -0.4 is 14.8 Å². The van der Waals surface area contributed by atoms with Gasteiger partial charge in [0.2, 0.25) is 5.78 Å². The minimum atomic E-state index is -4.79. The Balaban J connectivity index is 2.03. The Morgan fingerprint density at radius 1 is 1.12 bits per heavy atom. The molecule has 0 atom stereocenters. The van der Waals surface area contributed by atoms with Crippen molar-refractivity contribution in [1.29, 1.82) is 0 Å². The van der Waals surface area contributed by atoms with Crippen LogP contribution >= 0.6 is 11.6 Å². The molecule has 33 heavy (non-hydrogen) atoms. The van der Waals surface area contributed by atoms with Crippen LogP contribution in [0.3, 0.4) is 0 Å². The number of carbonyl (C=O) groups is 1. The van der Waals surface area contributed by atoms with E-state index in [1.165, 1.54) is 24.6 Å². The standard InChI is InChI=1S/C20H14ClF4N3O4S/c1-32-16-7-3-6-14(22)17(16)19(29)18-15(8-11(21)10-26-18)28-33(30,31)13-5-2-4-12(9-13)27-20(23,24)25/h2-10,27-28H,1H3. The zero-order valence-electron chi connectivity index (χ0n) is 16.6. The van der Waals surface area contributed by atoms with Gasteiger partial charge in [0.05, 0.1) is 22.7 Å². The molecule has 174 valence electrons. The second-order valence-electron chi connectivity index (χ2n) is 6.45. The molecule has 7 nitrogen and oxygen atoms in total. The number of hydrogen-bond acceptors (Lipinski definition) is 6. The number of sulfonamides is 1. The molecule has 3 rings (SSSR count). The third-order valence-corrected chi connectivity index (χ3v) is 5.74. The monoisotopic (exact) mass is 503 g/mol. The molecule has 0 aliphatic heterocycles. The summed E-state index contributed by atoms with van der Waals surface area (Å²) < 4.78 is 84.9. The highest BCUT2D eigenvalue weighted by atomic mass is 35.5. The Morgan fingerprint density at radius 2 is 1.82 bits per heavy atom. The fraction of sp³-hybridized carbons (Fsp3) is 0.100. The molecule has 0 aliphatic carbocycles. The zero-order valence-corrected chi connectivity index (χ0v) is 18.1. The van der Waals surface area contributed by atoms with Crippen LogP contribution in [0.1, 0.15) is 16.1 Å². The molecule has 0 spiro atoms. The van der Waals surface area contributed by atoms with Crippen molar-refractivity contribution in [2.75, 3.05) is 17.1 Å². The summed E-state index contributed by atoms with van der Waals surface area (Å²) in [6.45, 7) is 0. The van der Waals surface area contributed by atoms with Gasteiger partial charge in [-0.05, 0) is 36.4 Å². The SMILES string of the molecule is COc1cccc(F)c1C(=O)c1ncc(Cl)cc1NS(=O)(=O)c1cccc(NC(F)(F)F)c1. The second kappa shape index (κ2) is 9.24. The van der Waals surface area contributed by atoms with Crippen molar-refractivity contribution < 1.29 is 35.5 Å². The van der Waals surface area contributed by atoms with E-state index in [0.717, 1.165) is 42.6 Å². The molecule has 0 radical (unpaired) electrons. The Morgan fingerprint density at radius 3 is 2.48 bits per heavy atom. The van der Waals surface area contributed by atoms with Gasteiger partial charge in [-0.25, -0.2) is 17.8 Å². The maximum absolute atomic E-state index is 14.4. The molecular formula is C20H14ClF4N3O4S. The molecule has 0 amide bonds. The fourth-order valence-electron chi connectivity index (χ4n) is 2.82. The maximum Gasteiger partial charge on any atom is 0.482 e. The molecule has 13 heteroatoms. The summed E-state index contributed by atoms with van der Waals surface area (Å²) in [5.74, 6) is -2.06. The first-order valence-corrected chi connectivity index (χ1v) is 10.8. The molecule has 0 saturated carbocycles. The number of carbonyl (C=O) groups excluding carboxylic acids is 1. The summed E-state index contributed by atoms with van der Waals surface area (Å²) in [4.78, 5) is 16.3. The summed E-state index contributed by atoms with van der Waals surface area (Å²) in [7, 11) is -3.29. The van der Waals surface area contributed by atoms with Crippen LogP contribution in [0.15, 0.2) is 59.6 Å². The molecule has 3 aromatic rings. The van der Waals surface area contributed by atoms with Crippen molar-refractivity contribution in [2.45, 2.75) is 11.2 Å². The lowest BCUT2D eigenvalue weighted by molar-refractivity contribution is -0.0999. The number of pyridine rings is 1. The third-order valence-electron chi connectivity index (χ3n) is 4.17. The Labute approximate surface area is 190 Å². The van der Waals surface area contributed by atoms with Crippen LogP contribution in [0.4, 0.5) is 28.9 Å². The third kappa shape index (κ3) is 5.71. The quantitative estimate of drug-likeness (QED) is 0.272. The van der Waals surface area contributed by atoms with Gasteiger partial charge in [-0.15, -0.1) is 0 Å². The van der Waals surface area contributed by atoms with Crippen LogP contribution in [-0.2, 0) is 10.0 Å². The van der Waals surface area contributed by atoms with Gasteiger partial charge in [0.1, 0.15) is 22.8 Å². The molecule has 0 saturated heterocycles. The number of ketones is 1. The zero-order chi connectivity index (χ0) is 24.4. The number of benzene rings is 2. The van der Waals surface area contributed by atoms with Crippen LogP contribution in [0.2, 0.25) is 5.02 Å². The van der Waals surface area contributed by atoms with Crippen molar-refractivity contribution in [3.8, 4) is 5.75 Å². The molecule has 0 bridgehead atoms. The normalized spacial score (nSPS) is 11.7. The number of nitrogens with one attached hydrogen (secondary N) is 2. The van der Waals surface area contributed by atoms with Gasteiger partial charge in [-0.3, -0.25) is 14.8 Å². The lowest BCUT2D eigenvalue weighted by atomic mass is 10.0. The topological polar surface area (TPSA) is 97.4 Å². The smallest absolute Gasteiger partial charge is 0.482 e. The number of alkyl halides is 3. The van der Waals surface area contributed by atoms with Gasteiger partial charge in [-0.2, -0.15) is 13.2 Å². The Kier molecular flexibility index (Phi) is 6.79. The number of nitrogens with zero attached hydrogens (tertiary/aromatic N) is 1. The number of anilines is 2. The average Bonchev–Trinajstić information content (AvgIpc) is 2.72. The van der Waals surface area contributed by atoms with Crippen molar-refractivity contribution >= 4 is 38.8 Å². The number of ether oxygens (including phenoxy) is 1. The molecule has 2 N–H and O–H groups in total. The van der Waals surface area contributed by atoms with E-state index >= 15 is 0 Å². The number of methoxy groups -OCH3 is 1. The van der Waals surface area contributed by atoms with Gasteiger partial charge >= 0.3 is 6.30 Å². The van der Waals surface area contributed by atoms with Gasteiger partial charge in [0, 0.05) is 11.9 Å². The molecule has 1 heterocycles. The molecule has 2 aromatic carbocycles. The van der Waals surface area contributed by atoms with Crippen molar-refractivity contribution in [3.63, 3.8) is 0 Å². The minimum Gasteiger partial charge on any atom is -0.496 e. The van der Waals surface area contributed by atoms with Crippen molar-refractivity contribution in [3.05, 3.63) is 76.8 Å². The van der Waals surface area contributed by atoms with Crippen molar-refractivity contribution in [1.82, 2.24) is 4.98 Å². The van der Waals surface area contributed by atoms with Gasteiger partial charge in [0.25, 0.3) is 10.0 Å². The molecule has 0 fully saturated rings. The van der Waals surface area contributed by atoms with Crippen LogP contribution in [0.25, 0.3) is 0 Å². The second-order valence-corrected chi connectivity index (χ2v) is 8.57. The van der Waals surface area contributed by atoms with E-state index in [9.17, 15) is 30.8 Å². The maximum atomic E-state index is 14.4. The largest absolute Gasteiger partial charge is 0.496 e. The van der Waals surface area contributed by atoms with Crippen LogP contribution in [0.5, 0.6) is 5.75 Å². The van der Waals surface area contributed by atoms with E-state index in [1.807, 2.05) is 0 Å². The van der Waals surface area contributed by atoms with E-state index in [4.69, 9.17) is 16.3 Å². The molecule has 0 unspecified atom stereocenters. The number of rotatable bonds is 7. The number of halogens is 5. The first-order valence-electron chi connectivity index (χ1n) is 8.92. The summed E-state index contributed by atoms with van der Waals surface area (Å²) >= 11 is 5.89. The summed E-state index contributed by atoms with van der Waals surface area (Å²) in [6, 6.07) is 8.61. The van der Waals surface area contributed by atoms with Gasteiger partial charge in [0.15, 0.2) is 0 Å². The molecule has 0 aliphatic rings. The van der Waals surface area contributed by atoms with E-state index < -0.39 is 55.5 Å². The van der Waals surface area contributed by atoms with Gasteiger partial charge < -0.3 is 4.74 Å². The minimum absolute atomic E-state index is 0.0581. The first-order chi connectivity index (χ1) is 15.4. The summed E-state index contributed by atoms with van der Waals surface area (Å²) in [5.41, 5.74) is -1.93. The lowest BCUT2D eigenvalue weighted by Crippen LogP contribution is -2.21. The first kappa shape index (κ1) is 24.3. The van der Waals surface area contributed by atoms with Crippen molar-refractivity contribution in [2.24, 2.45) is 0 Å². The lowest BCUT2D eigenvalue weighted by Gasteiger charge is -2.15. The highest BCUT2D eigenvalue weighted by molar-refractivity contribution is 7.92. The highest BCUT2D eigenvalue weighted by Crippen LogP contribution is 2.30. The van der Waals surface area contributed by atoms with E-state index in [0.29, 0.717) is 0 Å². The van der Waals surface area contributed by atoms with Crippen LogP contribution in [-0.4, -0.2) is 32.6 Å². The molecular weight excluding hydrogens is 490 g/mol. The summed E-state index contributed by atoms with van der Waals surface area (Å²) in [6.07, 6.45) is -3.74.